The van der Waals surface area contributed by atoms with Crippen LogP contribution >= 0.6 is 0 Å². The molecule has 0 bridgehead atoms. The Hall–Kier alpha value is -2.28. The van der Waals surface area contributed by atoms with E-state index in [2.05, 4.69) is 86.4 Å². The van der Waals surface area contributed by atoms with Crippen molar-refractivity contribution >= 4 is 0 Å². The van der Waals surface area contributed by atoms with Crippen molar-refractivity contribution in [1.82, 2.24) is 4.98 Å². The number of hydrogen-bond donors (Lipinski definition) is 1. The first kappa shape index (κ1) is 13.7. The van der Waals surface area contributed by atoms with Crippen LogP contribution in [0.1, 0.15) is 31.2 Å². The number of aromatic amines is 1. The molecular weight excluding hydrogens is 254 g/mol. The van der Waals surface area contributed by atoms with Crippen molar-refractivity contribution in [2.75, 3.05) is 0 Å². The fourth-order valence-electron chi connectivity index (χ4n) is 2.95. The number of aryl methyl sites for hydroxylation is 1. The maximum absolute atomic E-state index is 3.61. The summed E-state index contributed by atoms with van der Waals surface area (Å²) in [6, 6.07) is 21.3. The number of rotatable bonds is 3. The molecule has 1 nitrogen and oxygen atoms in total. The molecule has 1 heterocycles. The Kier molecular flexibility index (Phi) is 3.66. The van der Waals surface area contributed by atoms with E-state index in [0.717, 1.165) is 0 Å². The minimum absolute atomic E-state index is 0.469. The van der Waals surface area contributed by atoms with Gasteiger partial charge in [0.25, 0.3) is 0 Å². The Labute approximate surface area is 126 Å². The maximum atomic E-state index is 3.61. The van der Waals surface area contributed by atoms with Crippen LogP contribution in [-0.4, -0.2) is 4.98 Å². The number of benzene rings is 2. The van der Waals surface area contributed by atoms with Gasteiger partial charge in [0.2, 0.25) is 0 Å². The second-order valence-corrected chi connectivity index (χ2v) is 5.80. The van der Waals surface area contributed by atoms with Crippen LogP contribution in [0.5, 0.6) is 0 Å². The van der Waals surface area contributed by atoms with Gasteiger partial charge in [0.15, 0.2) is 0 Å². The van der Waals surface area contributed by atoms with E-state index in [-0.39, 0.29) is 0 Å². The van der Waals surface area contributed by atoms with E-state index in [1.54, 1.807) is 0 Å². The van der Waals surface area contributed by atoms with E-state index in [4.69, 9.17) is 0 Å². The van der Waals surface area contributed by atoms with Crippen LogP contribution in [0.2, 0.25) is 0 Å². The number of nitrogens with one attached hydrogen (secondary N) is 1. The van der Waals surface area contributed by atoms with E-state index in [1.165, 1.54) is 33.6 Å². The number of aromatic nitrogens is 1. The molecule has 0 atom stereocenters. The quantitative estimate of drug-likeness (QED) is 0.623. The first-order valence-corrected chi connectivity index (χ1v) is 7.51. The Morgan fingerprint density at radius 2 is 1.19 bits per heavy atom. The summed E-state index contributed by atoms with van der Waals surface area (Å²) >= 11 is 0. The largest absolute Gasteiger partial charge is 0.361 e. The molecule has 0 unspecified atom stereocenters. The second kappa shape index (κ2) is 5.61. The van der Waals surface area contributed by atoms with Crippen molar-refractivity contribution in [3.8, 4) is 22.3 Å². The van der Waals surface area contributed by atoms with Gasteiger partial charge in [-0.05, 0) is 24.0 Å². The van der Waals surface area contributed by atoms with Crippen LogP contribution in [0.25, 0.3) is 22.3 Å². The number of hydrogen-bond acceptors (Lipinski definition) is 0. The fraction of sp³-hybridized carbons (Fsp3) is 0.200. The van der Waals surface area contributed by atoms with Crippen LogP contribution in [0, 0.1) is 6.92 Å². The maximum Gasteiger partial charge on any atom is 0.0261 e. The van der Waals surface area contributed by atoms with Crippen molar-refractivity contribution in [2.45, 2.75) is 26.7 Å². The molecule has 0 radical (unpaired) electrons. The predicted octanol–water partition coefficient (Wildman–Crippen LogP) is 5.78. The van der Waals surface area contributed by atoms with E-state index >= 15 is 0 Å². The van der Waals surface area contributed by atoms with E-state index in [0.29, 0.717) is 5.92 Å². The summed E-state index contributed by atoms with van der Waals surface area (Å²) in [5.41, 5.74) is 7.78. The Bertz CT molecular complexity index is 721. The minimum Gasteiger partial charge on any atom is -0.361 e. The lowest BCUT2D eigenvalue weighted by molar-refractivity contribution is 0.831. The lowest BCUT2D eigenvalue weighted by atomic mass is 9.92. The topological polar surface area (TPSA) is 15.8 Å². The lowest BCUT2D eigenvalue weighted by Crippen LogP contribution is -1.91. The average Bonchev–Trinajstić information content (AvgIpc) is 2.87. The SMILES string of the molecule is Cc1[nH]c(C(C)C)c(-c2ccccc2)c1-c1ccccc1. The molecule has 0 aliphatic heterocycles. The summed E-state index contributed by atoms with van der Waals surface area (Å²) < 4.78 is 0. The molecule has 1 N–H and O–H groups in total. The van der Waals surface area contributed by atoms with Crippen LogP contribution in [-0.2, 0) is 0 Å². The molecule has 106 valence electrons. The highest BCUT2D eigenvalue weighted by molar-refractivity contribution is 5.87. The third kappa shape index (κ3) is 2.52. The molecule has 0 aliphatic rings. The van der Waals surface area contributed by atoms with Crippen LogP contribution in [0.4, 0.5) is 0 Å². The molecule has 0 amide bonds. The van der Waals surface area contributed by atoms with Gasteiger partial charge in [-0.3, -0.25) is 0 Å². The third-order valence-electron chi connectivity index (χ3n) is 3.92. The van der Waals surface area contributed by atoms with Crippen molar-refractivity contribution < 1.29 is 0 Å². The number of H-pyrrole nitrogens is 1. The standard InChI is InChI=1S/C20H21N/c1-14(2)20-19(17-12-8-5-9-13-17)18(15(3)21-20)16-10-6-4-7-11-16/h4-14,21H,1-3H3. The van der Waals surface area contributed by atoms with Crippen molar-refractivity contribution in [3.63, 3.8) is 0 Å². The van der Waals surface area contributed by atoms with Crippen molar-refractivity contribution in [3.05, 3.63) is 72.1 Å². The van der Waals surface area contributed by atoms with Crippen LogP contribution < -0.4 is 0 Å². The van der Waals surface area contributed by atoms with Crippen molar-refractivity contribution in [1.29, 1.82) is 0 Å². The van der Waals surface area contributed by atoms with Gasteiger partial charge >= 0.3 is 0 Å². The second-order valence-electron chi connectivity index (χ2n) is 5.80. The van der Waals surface area contributed by atoms with E-state index < -0.39 is 0 Å². The first-order chi connectivity index (χ1) is 10.2. The van der Waals surface area contributed by atoms with Gasteiger partial charge in [0, 0.05) is 22.5 Å². The van der Waals surface area contributed by atoms with Gasteiger partial charge in [-0.25, -0.2) is 0 Å². The zero-order valence-electron chi connectivity index (χ0n) is 12.9. The van der Waals surface area contributed by atoms with Gasteiger partial charge < -0.3 is 4.98 Å². The molecule has 3 rings (SSSR count). The predicted molar refractivity (Wildman–Crippen MR) is 90.5 cm³/mol. The first-order valence-electron chi connectivity index (χ1n) is 7.51. The van der Waals surface area contributed by atoms with Gasteiger partial charge in [-0.1, -0.05) is 74.5 Å². The molecule has 2 aromatic carbocycles. The average molecular weight is 275 g/mol. The zero-order valence-corrected chi connectivity index (χ0v) is 12.9. The molecular formula is C20H21N. The molecule has 21 heavy (non-hydrogen) atoms. The van der Waals surface area contributed by atoms with Crippen LogP contribution in [0.3, 0.4) is 0 Å². The molecule has 1 heteroatoms. The van der Waals surface area contributed by atoms with Crippen molar-refractivity contribution in [2.24, 2.45) is 0 Å². The van der Waals surface area contributed by atoms with E-state index in [1.807, 2.05) is 0 Å². The van der Waals surface area contributed by atoms with Gasteiger partial charge in [0.05, 0.1) is 0 Å². The highest BCUT2D eigenvalue weighted by atomic mass is 14.7. The van der Waals surface area contributed by atoms with Gasteiger partial charge in [0.1, 0.15) is 0 Å². The molecule has 0 saturated carbocycles. The normalized spacial score (nSPS) is 11.0. The fourth-order valence-corrected chi connectivity index (χ4v) is 2.95. The summed E-state index contributed by atoms with van der Waals surface area (Å²) in [5.74, 6) is 0.469. The summed E-state index contributed by atoms with van der Waals surface area (Å²) in [6.45, 7) is 6.65. The molecule has 0 saturated heterocycles. The Balaban J connectivity index is 2.30. The minimum atomic E-state index is 0.469. The highest BCUT2D eigenvalue weighted by Crippen LogP contribution is 2.40. The summed E-state index contributed by atoms with van der Waals surface area (Å²) in [6.07, 6.45) is 0. The zero-order chi connectivity index (χ0) is 14.8. The third-order valence-corrected chi connectivity index (χ3v) is 3.92. The lowest BCUT2D eigenvalue weighted by Gasteiger charge is -2.11. The molecule has 0 aliphatic carbocycles. The van der Waals surface area contributed by atoms with Crippen LogP contribution in [0.15, 0.2) is 60.7 Å². The molecule has 0 fully saturated rings. The summed E-state index contributed by atoms with van der Waals surface area (Å²) in [7, 11) is 0. The summed E-state index contributed by atoms with van der Waals surface area (Å²) in [4.78, 5) is 3.61. The Morgan fingerprint density at radius 3 is 1.67 bits per heavy atom. The molecule has 3 aromatic rings. The van der Waals surface area contributed by atoms with Gasteiger partial charge in [-0.2, -0.15) is 0 Å². The molecule has 1 aromatic heterocycles. The molecule has 0 spiro atoms. The summed E-state index contributed by atoms with van der Waals surface area (Å²) in [5, 5.41) is 0. The highest BCUT2D eigenvalue weighted by Gasteiger charge is 2.19. The smallest absolute Gasteiger partial charge is 0.0261 e. The van der Waals surface area contributed by atoms with E-state index in [9.17, 15) is 0 Å². The Morgan fingerprint density at radius 1 is 0.714 bits per heavy atom. The monoisotopic (exact) mass is 275 g/mol. The van der Waals surface area contributed by atoms with Gasteiger partial charge in [-0.15, -0.1) is 0 Å².